The predicted octanol–water partition coefficient (Wildman–Crippen LogP) is 1.83. The Labute approximate surface area is 119 Å². The number of aromatic nitrogens is 2. The van der Waals surface area contributed by atoms with E-state index in [4.69, 9.17) is 4.74 Å². The zero-order valence-electron chi connectivity index (χ0n) is 12.1. The molecule has 0 saturated carbocycles. The second-order valence-electron chi connectivity index (χ2n) is 5.03. The number of ether oxygens (including phenoxy) is 1. The summed E-state index contributed by atoms with van der Waals surface area (Å²) in [5.41, 5.74) is 0.659. The zero-order valence-corrected chi connectivity index (χ0v) is 12.1. The van der Waals surface area contributed by atoms with Crippen molar-refractivity contribution < 1.29 is 9.53 Å². The van der Waals surface area contributed by atoms with E-state index in [0.717, 1.165) is 38.2 Å². The molecular weight excluding hydrogens is 256 g/mol. The Morgan fingerprint density at radius 2 is 2.25 bits per heavy atom. The molecule has 1 N–H and O–H groups in total. The van der Waals surface area contributed by atoms with Crippen LogP contribution in [0.1, 0.15) is 33.1 Å². The molecule has 6 nitrogen and oxygen atoms in total. The third-order valence-corrected chi connectivity index (χ3v) is 3.44. The van der Waals surface area contributed by atoms with Crippen LogP contribution in [-0.4, -0.2) is 41.7 Å². The van der Waals surface area contributed by atoms with Gasteiger partial charge in [-0.05, 0) is 26.2 Å². The summed E-state index contributed by atoms with van der Waals surface area (Å²) in [5, 5.41) is 2.84. The number of carbonyl (C=O) groups excluding carboxylic acids is 1. The second kappa shape index (κ2) is 7.19. The number of carbonyl (C=O) groups is 1. The highest BCUT2D eigenvalue weighted by molar-refractivity contribution is 5.94. The van der Waals surface area contributed by atoms with Crippen molar-refractivity contribution in [2.24, 2.45) is 0 Å². The van der Waals surface area contributed by atoms with Gasteiger partial charge in [0.1, 0.15) is 18.6 Å². The molecular formula is C14H22N4O2. The van der Waals surface area contributed by atoms with Gasteiger partial charge in [-0.3, -0.25) is 4.79 Å². The molecule has 1 aromatic heterocycles. The first-order chi connectivity index (χ1) is 9.70. The fourth-order valence-electron chi connectivity index (χ4n) is 2.11. The Morgan fingerprint density at radius 1 is 1.50 bits per heavy atom. The van der Waals surface area contributed by atoms with Crippen molar-refractivity contribution in [3.8, 4) is 0 Å². The van der Waals surface area contributed by atoms with Crippen LogP contribution in [0.15, 0.2) is 12.5 Å². The quantitative estimate of drug-likeness (QED) is 0.860. The highest BCUT2D eigenvalue weighted by Gasteiger charge is 2.18. The Morgan fingerprint density at radius 3 is 2.95 bits per heavy atom. The summed E-state index contributed by atoms with van der Waals surface area (Å²) < 4.78 is 5.42. The maximum atomic E-state index is 11.9. The van der Waals surface area contributed by atoms with Gasteiger partial charge in [0.15, 0.2) is 5.82 Å². The Bertz CT molecular complexity index is 447. The molecule has 0 aliphatic carbocycles. The lowest BCUT2D eigenvalue weighted by Gasteiger charge is -2.19. The van der Waals surface area contributed by atoms with E-state index < -0.39 is 0 Å². The molecule has 0 unspecified atom stereocenters. The van der Waals surface area contributed by atoms with E-state index in [2.05, 4.69) is 20.2 Å². The van der Waals surface area contributed by atoms with Crippen LogP contribution in [-0.2, 0) is 9.53 Å². The lowest BCUT2D eigenvalue weighted by atomic mass is 10.3. The average Bonchev–Trinajstić information content (AvgIpc) is 2.99. The first-order valence-corrected chi connectivity index (χ1v) is 7.17. The third-order valence-electron chi connectivity index (χ3n) is 3.44. The molecule has 1 aromatic rings. The Balaban J connectivity index is 1.96. The predicted molar refractivity (Wildman–Crippen MR) is 77.8 cm³/mol. The standard InChI is InChI=1S/C14H22N4O2/c1-3-11(2)20-9-13(19)17-12-8-15-10-16-14(12)18-6-4-5-7-18/h8,10-11H,3-7,9H2,1-2H3,(H,17,19)/t11-/m0/s1. The highest BCUT2D eigenvalue weighted by Crippen LogP contribution is 2.25. The summed E-state index contributed by atoms with van der Waals surface area (Å²) in [4.78, 5) is 22.3. The number of rotatable bonds is 6. The first kappa shape index (κ1) is 14.7. The van der Waals surface area contributed by atoms with Gasteiger partial charge >= 0.3 is 0 Å². The summed E-state index contributed by atoms with van der Waals surface area (Å²) >= 11 is 0. The summed E-state index contributed by atoms with van der Waals surface area (Å²) in [6.07, 6.45) is 6.45. The SMILES string of the molecule is CC[C@H](C)OCC(=O)Nc1cncnc1N1CCCC1. The molecule has 0 radical (unpaired) electrons. The van der Waals surface area contributed by atoms with Crippen LogP contribution in [0.3, 0.4) is 0 Å². The molecule has 0 bridgehead atoms. The lowest BCUT2D eigenvalue weighted by Crippen LogP contribution is -2.25. The smallest absolute Gasteiger partial charge is 0.250 e. The Hall–Kier alpha value is -1.69. The molecule has 0 aromatic carbocycles. The van der Waals surface area contributed by atoms with Crippen molar-refractivity contribution in [1.82, 2.24) is 9.97 Å². The molecule has 1 aliphatic heterocycles. The maximum absolute atomic E-state index is 11.9. The van der Waals surface area contributed by atoms with Crippen LogP contribution in [0.25, 0.3) is 0 Å². The first-order valence-electron chi connectivity index (χ1n) is 7.17. The average molecular weight is 278 g/mol. The number of anilines is 2. The van der Waals surface area contributed by atoms with E-state index >= 15 is 0 Å². The van der Waals surface area contributed by atoms with E-state index in [9.17, 15) is 4.79 Å². The molecule has 1 amide bonds. The zero-order chi connectivity index (χ0) is 14.4. The number of amides is 1. The summed E-state index contributed by atoms with van der Waals surface area (Å²) in [6.45, 7) is 5.99. The van der Waals surface area contributed by atoms with Crippen molar-refractivity contribution >= 4 is 17.4 Å². The van der Waals surface area contributed by atoms with Crippen LogP contribution < -0.4 is 10.2 Å². The van der Waals surface area contributed by atoms with E-state index in [1.807, 2.05) is 13.8 Å². The van der Waals surface area contributed by atoms with Crippen LogP contribution >= 0.6 is 0 Å². The van der Waals surface area contributed by atoms with Gasteiger partial charge in [0.25, 0.3) is 5.91 Å². The van der Waals surface area contributed by atoms with Gasteiger partial charge in [-0.1, -0.05) is 6.92 Å². The molecule has 2 heterocycles. The van der Waals surface area contributed by atoms with Gasteiger partial charge in [-0.2, -0.15) is 0 Å². The molecule has 1 saturated heterocycles. The van der Waals surface area contributed by atoms with Crippen LogP contribution in [0.5, 0.6) is 0 Å². The fourth-order valence-corrected chi connectivity index (χ4v) is 2.11. The molecule has 1 atom stereocenters. The van der Waals surface area contributed by atoms with E-state index in [-0.39, 0.29) is 18.6 Å². The van der Waals surface area contributed by atoms with Crippen molar-refractivity contribution in [1.29, 1.82) is 0 Å². The normalized spacial score (nSPS) is 16.2. The van der Waals surface area contributed by atoms with E-state index in [1.54, 1.807) is 6.20 Å². The van der Waals surface area contributed by atoms with Crippen LogP contribution in [0.2, 0.25) is 0 Å². The number of hydrogen-bond donors (Lipinski definition) is 1. The largest absolute Gasteiger partial charge is 0.369 e. The second-order valence-corrected chi connectivity index (χ2v) is 5.03. The lowest BCUT2D eigenvalue weighted by molar-refractivity contribution is -0.122. The Kier molecular flexibility index (Phi) is 5.29. The molecule has 0 spiro atoms. The highest BCUT2D eigenvalue weighted by atomic mass is 16.5. The number of nitrogens with one attached hydrogen (secondary N) is 1. The van der Waals surface area contributed by atoms with Gasteiger partial charge in [0, 0.05) is 13.1 Å². The van der Waals surface area contributed by atoms with E-state index in [1.165, 1.54) is 6.33 Å². The van der Waals surface area contributed by atoms with Gasteiger partial charge in [0.05, 0.1) is 12.3 Å². The molecule has 6 heteroatoms. The minimum absolute atomic E-state index is 0.0589. The monoisotopic (exact) mass is 278 g/mol. The molecule has 1 aliphatic rings. The summed E-state index contributed by atoms with van der Waals surface area (Å²) in [5.74, 6) is 0.634. The number of nitrogens with zero attached hydrogens (tertiary/aromatic N) is 3. The molecule has 2 rings (SSSR count). The topological polar surface area (TPSA) is 67.3 Å². The molecule has 110 valence electrons. The van der Waals surface area contributed by atoms with Crippen LogP contribution in [0, 0.1) is 0 Å². The summed E-state index contributed by atoms with van der Waals surface area (Å²) in [6, 6.07) is 0. The van der Waals surface area contributed by atoms with Crippen molar-refractivity contribution in [3.05, 3.63) is 12.5 Å². The van der Waals surface area contributed by atoms with Crippen LogP contribution in [0.4, 0.5) is 11.5 Å². The van der Waals surface area contributed by atoms with Crippen molar-refractivity contribution in [3.63, 3.8) is 0 Å². The third kappa shape index (κ3) is 3.90. The van der Waals surface area contributed by atoms with Gasteiger partial charge in [-0.15, -0.1) is 0 Å². The minimum Gasteiger partial charge on any atom is -0.369 e. The molecule has 1 fully saturated rings. The van der Waals surface area contributed by atoms with Gasteiger partial charge in [-0.25, -0.2) is 9.97 Å². The van der Waals surface area contributed by atoms with Gasteiger partial charge in [0.2, 0.25) is 0 Å². The number of hydrogen-bond acceptors (Lipinski definition) is 5. The fraction of sp³-hybridized carbons (Fsp3) is 0.643. The van der Waals surface area contributed by atoms with Crippen molar-refractivity contribution in [2.75, 3.05) is 29.9 Å². The van der Waals surface area contributed by atoms with E-state index in [0.29, 0.717) is 5.69 Å². The summed E-state index contributed by atoms with van der Waals surface area (Å²) in [7, 11) is 0. The maximum Gasteiger partial charge on any atom is 0.250 e. The minimum atomic E-state index is -0.166. The van der Waals surface area contributed by atoms with Gasteiger partial charge < -0.3 is 15.0 Å². The van der Waals surface area contributed by atoms with Crippen molar-refractivity contribution in [2.45, 2.75) is 39.2 Å². The molecule has 20 heavy (non-hydrogen) atoms.